The van der Waals surface area contributed by atoms with Crippen LogP contribution in [0.2, 0.25) is 0 Å². The molecule has 1 atom stereocenters. The first-order valence-corrected chi connectivity index (χ1v) is 12.4. The fourth-order valence-corrected chi connectivity index (χ4v) is 4.59. The van der Waals surface area contributed by atoms with Crippen LogP contribution in [0.4, 0.5) is 27.0 Å². The highest BCUT2D eigenvalue weighted by molar-refractivity contribution is 7.22. The summed E-state index contributed by atoms with van der Waals surface area (Å²) in [6, 6.07) is 12.4. The molecule has 1 unspecified atom stereocenters. The molecule has 0 aliphatic heterocycles. The van der Waals surface area contributed by atoms with E-state index >= 15 is 0 Å². The Morgan fingerprint density at radius 1 is 1.06 bits per heavy atom. The Balaban J connectivity index is 1.62. The van der Waals surface area contributed by atoms with Crippen molar-refractivity contribution in [3.05, 3.63) is 65.1 Å². The minimum Gasteiger partial charge on any atom is -0.481 e. The second-order valence-electron chi connectivity index (χ2n) is 8.89. The lowest BCUT2D eigenvalue weighted by Gasteiger charge is -2.13. The number of hydrogen-bond acceptors (Lipinski definition) is 7. The molecule has 0 saturated carbocycles. The molecular weight excluding hydrogens is 465 g/mol. The van der Waals surface area contributed by atoms with Crippen molar-refractivity contribution in [2.24, 2.45) is 5.92 Å². The molecule has 0 fully saturated rings. The van der Waals surface area contributed by atoms with Crippen molar-refractivity contribution in [3.8, 4) is 0 Å². The Labute approximate surface area is 207 Å². The lowest BCUT2D eigenvalue weighted by molar-refractivity contribution is -0.138. The number of aryl methyl sites for hydroxylation is 1. The summed E-state index contributed by atoms with van der Waals surface area (Å²) in [5, 5.41) is 16.1. The predicted molar refractivity (Wildman–Crippen MR) is 139 cm³/mol. The number of aliphatic carboxylic acids is 1. The zero-order chi connectivity index (χ0) is 25.1. The summed E-state index contributed by atoms with van der Waals surface area (Å²) in [5.74, 6) is -1.20. The van der Waals surface area contributed by atoms with Gasteiger partial charge in [0.25, 0.3) is 0 Å². The van der Waals surface area contributed by atoms with Crippen LogP contribution in [-0.4, -0.2) is 26.0 Å². The van der Waals surface area contributed by atoms with Crippen molar-refractivity contribution >= 4 is 50.1 Å². The molecule has 2 aromatic carbocycles. The maximum Gasteiger partial charge on any atom is 0.310 e. The monoisotopic (exact) mass is 493 g/mol. The van der Waals surface area contributed by atoms with E-state index in [-0.39, 0.29) is 11.6 Å². The first-order valence-electron chi connectivity index (χ1n) is 11.6. The highest BCUT2D eigenvalue weighted by atomic mass is 32.1. The Bertz CT molecular complexity index is 1370. The van der Waals surface area contributed by atoms with Gasteiger partial charge >= 0.3 is 5.97 Å². The average Bonchev–Trinajstić information content (AvgIpc) is 3.20. The number of thiazole rings is 1. The third kappa shape index (κ3) is 5.92. The van der Waals surface area contributed by atoms with E-state index in [2.05, 4.69) is 58.5 Å². The molecule has 9 heteroatoms. The van der Waals surface area contributed by atoms with Gasteiger partial charge in [0.15, 0.2) is 5.13 Å². The SMILES string of the molecule is CCc1ccc2nc(Nc3cc(CC(C)C)nc(Nc4ccc(C(C)C(=O)O)cc4F)n3)sc2c1. The molecule has 2 aromatic heterocycles. The zero-order valence-corrected chi connectivity index (χ0v) is 20.9. The maximum atomic E-state index is 14.8. The van der Waals surface area contributed by atoms with Gasteiger partial charge < -0.3 is 15.7 Å². The van der Waals surface area contributed by atoms with E-state index in [0.29, 0.717) is 22.4 Å². The quantitative estimate of drug-likeness (QED) is 0.240. The number of anilines is 4. The van der Waals surface area contributed by atoms with Crippen molar-refractivity contribution in [3.63, 3.8) is 0 Å². The summed E-state index contributed by atoms with van der Waals surface area (Å²) in [6.07, 6.45) is 1.69. The van der Waals surface area contributed by atoms with Gasteiger partial charge in [-0.25, -0.2) is 14.4 Å². The molecule has 2 heterocycles. The maximum absolute atomic E-state index is 14.8. The third-order valence-electron chi connectivity index (χ3n) is 5.60. The van der Waals surface area contributed by atoms with Crippen LogP contribution in [0.1, 0.15) is 50.4 Å². The van der Waals surface area contributed by atoms with Crippen LogP contribution in [-0.2, 0) is 17.6 Å². The van der Waals surface area contributed by atoms with Gasteiger partial charge in [-0.15, -0.1) is 0 Å². The van der Waals surface area contributed by atoms with Crippen LogP contribution in [0.25, 0.3) is 10.2 Å². The smallest absolute Gasteiger partial charge is 0.310 e. The van der Waals surface area contributed by atoms with E-state index < -0.39 is 17.7 Å². The third-order valence-corrected chi connectivity index (χ3v) is 6.54. The Morgan fingerprint density at radius 2 is 1.86 bits per heavy atom. The molecule has 0 bridgehead atoms. The van der Waals surface area contributed by atoms with Gasteiger partial charge in [-0.1, -0.05) is 44.2 Å². The summed E-state index contributed by atoms with van der Waals surface area (Å²) < 4.78 is 15.9. The molecule has 4 aromatic rings. The van der Waals surface area contributed by atoms with E-state index in [1.54, 1.807) is 17.4 Å². The van der Waals surface area contributed by atoms with Gasteiger partial charge in [-0.2, -0.15) is 4.98 Å². The largest absolute Gasteiger partial charge is 0.481 e. The number of hydrogen-bond donors (Lipinski definition) is 3. The molecular formula is C26H28FN5O2S. The van der Waals surface area contributed by atoms with Gasteiger partial charge in [0, 0.05) is 11.8 Å². The van der Waals surface area contributed by atoms with Crippen LogP contribution >= 0.6 is 11.3 Å². The Kier molecular flexibility index (Phi) is 7.25. The number of carboxylic acid groups (broad SMARTS) is 1. The highest BCUT2D eigenvalue weighted by Gasteiger charge is 2.17. The van der Waals surface area contributed by atoms with Crippen molar-refractivity contribution in [1.29, 1.82) is 0 Å². The van der Waals surface area contributed by atoms with Crippen LogP contribution < -0.4 is 10.6 Å². The molecule has 0 amide bonds. The predicted octanol–water partition coefficient (Wildman–Crippen LogP) is 6.66. The number of benzene rings is 2. The number of nitrogens with one attached hydrogen (secondary N) is 2. The van der Waals surface area contributed by atoms with Gasteiger partial charge in [-0.05, 0) is 61.1 Å². The second kappa shape index (κ2) is 10.4. The summed E-state index contributed by atoms with van der Waals surface area (Å²) in [7, 11) is 0. The molecule has 35 heavy (non-hydrogen) atoms. The number of rotatable bonds is 9. The fraction of sp³-hybridized carbons (Fsp3) is 0.308. The number of carbonyl (C=O) groups is 1. The number of nitrogens with zero attached hydrogens (tertiary/aromatic N) is 3. The lowest BCUT2D eigenvalue weighted by Crippen LogP contribution is -2.09. The van der Waals surface area contributed by atoms with Crippen LogP contribution in [0, 0.1) is 11.7 Å². The standard InChI is InChI=1S/C26H28FN5O2S/c1-5-16-6-8-21-22(11-16)35-26(30-21)32-23-13-18(10-14(2)3)28-25(31-23)29-20-9-7-17(12-19(20)27)15(4)24(33)34/h6-9,11-15H,5,10H2,1-4H3,(H,33,34)(H2,28,29,30,31,32). The van der Waals surface area contributed by atoms with E-state index in [1.165, 1.54) is 24.6 Å². The van der Waals surface area contributed by atoms with E-state index in [9.17, 15) is 14.3 Å². The molecule has 3 N–H and O–H groups in total. The average molecular weight is 494 g/mol. The minimum atomic E-state index is -1.01. The molecule has 4 rings (SSSR count). The highest BCUT2D eigenvalue weighted by Crippen LogP contribution is 2.30. The fourth-order valence-electron chi connectivity index (χ4n) is 3.66. The van der Waals surface area contributed by atoms with Gasteiger partial charge in [-0.3, -0.25) is 4.79 Å². The van der Waals surface area contributed by atoms with Crippen molar-refractivity contribution in [2.45, 2.75) is 46.5 Å². The molecule has 7 nitrogen and oxygen atoms in total. The number of aromatic nitrogens is 3. The zero-order valence-electron chi connectivity index (χ0n) is 20.1. The van der Waals surface area contributed by atoms with Gasteiger partial charge in [0.05, 0.1) is 21.8 Å². The number of fused-ring (bicyclic) bond motifs is 1. The molecule has 0 saturated heterocycles. The molecule has 0 aliphatic rings. The van der Waals surface area contributed by atoms with Crippen molar-refractivity contribution in [1.82, 2.24) is 15.0 Å². The minimum absolute atomic E-state index is 0.172. The van der Waals surface area contributed by atoms with Gasteiger partial charge in [0.1, 0.15) is 11.6 Å². The van der Waals surface area contributed by atoms with Crippen molar-refractivity contribution in [2.75, 3.05) is 10.6 Å². The molecule has 0 aliphatic carbocycles. The number of halogens is 1. The normalized spacial score (nSPS) is 12.2. The summed E-state index contributed by atoms with van der Waals surface area (Å²) in [4.78, 5) is 25.0. The van der Waals surface area contributed by atoms with Crippen LogP contribution in [0.5, 0.6) is 0 Å². The van der Waals surface area contributed by atoms with Gasteiger partial charge in [0.2, 0.25) is 5.95 Å². The van der Waals surface area contributed by atoms with E-state index in [4.69, 9.17) is 0 Å². The van der Waals surface area contributed by atoms with E-state index in [1.807, 2.05) is 12.1 Å². The Morgan fingerprint density at radius 3 is 2.54 bits per heavy atom. The van der Waals surface area contributed by atoms with Crippen molar-refractivity contribution < 1.29 is 14.3 Å². The molecule has 0 spiro atoms. The lowest BCUT2D eigenvalue weighted by atomic mass is 10.0. The first-order chi connectivity index (χ1) is 16.7. The summed E-state index contributed by atoms with van der Waals surface area (Å²) in [5.41, 5.74) is 3.55. The molecule has 182 valence electrons. The first kappa shape index (κ1) is 24.5. The second-order valence-corrected chi connectivity index (χ2v) is 9.92. The van der Waals surface area contributed by atoms with Crippen LogP contribution in [0.3, 0.4) is 0 Å². The molecule has 0 radical (unpaired) electrons. The Hall–Kier alpha value is -3.59. The van der Waals surface area contributed by atoms with Crippen LogP contribution in [0.15, 0.2) is 42.5 Å². The topological polar surface area (TPSA) is 100 Å². The number of carboxylic acids is 1. The summed E-state index contributed by atoms with van der Waals surface area (Å²) in [6.45, 7) is 7.84. The van der Waals surface area contributed by atoms with E-state index in [0.717, 1.165) is 28.8 Å². The summed E-state index contributed by atoms with van der Waals surface area (Å²) >= 11 is 1.55.